The topological polar surface area (TPSA) is 83.7 Å². The molecule has 6 nitrogen and oxygen atoms in total. The third kappa shape index (κ3) is 3.21. The van der Waals surface area contributed by atoms with Crippen molar-refractivity contribution in [3.63, 3.8) is 0 Å². The molecule has 0 spiro atoms. The van der Waals surface area contributed by atoms with Crippen LogP contribution in [0.3, 0.4) is 0 Å². The Bertz CT molecular complexity index is 882. The molecule has 0 saturated carbocycles. The van der Waals surface area contributed by atoms with E-state index in [9.17, 15) is 9.59 Å². The van der Waals surface area contributed by atoms with Crippen LogP contribution >= 0.6 is 0 Å². The molecular weight excluding hydrogens is 294 g/mol. The zero-order chi connectivity index (χ0) is 16.4. The predicted molar refractivity (Wildman–Crippen MR) is 86.3 cm³/mol. The minimum atomic E-state index is -0.851. The van der Waals surface area contributed by atoms with E-state index in [0.717, 1.165) is 22.2 Å². The lowest BCUT2D eigenvalue weighted by atomic mass is 10.0. The molecule has 0 atom stereocenters. The fraction of sp³-hybridized carbons (Fsp3) is 0.118. The van der Waals surface area contributed by atoms with Crippen LogP contribution in [0.2, 0.25) is 0 Å². The van der Waals surface area contributed by atoms with Gasteiger partial charge >= 0.3 is 5.97 Å². The van der Waals surface area contributed by atoms with Crippen LogP contribution in [0, 0.1) is 0 Å². The van der Waals surface area contributed by atoms with Gasteiger partial charge in [-0.25, -0.2) is 4.52 Å². The summed E-state index contributed by atoms with van der Waals surface area (Å²) in [4.78, 5) is 21.9. The fourth-order valence-electron chi connectivity index (χ4n) is 2.48. The number of hydrogen-bond donors (Lipinski definition) is 2. The average molecular weight is 309 g/mol. The number of rotatable bonds is 4. The number of carboxylic acid groups (broad SMARTS) is 1. The van der Waals surface area contributed by atoms with Gasteiger partial charge in [0.15, 0.2) is 5.82 Å². The molecule has 1 amide bonds. The highest BCUT2D eigenvalue weighted by atomic mass is 16.4. The van der Waals surface area contributed by atoms with E-state index < -0.39 is 5.97 Å². The number of carboxylic acids is 1. The number of hydrogen-bond acceptors (Lipinski definition) is 3. The molecular formula is C17H15N3O3. The van der Waals surface area contributed by atoms with E-state index in [-0.39, 0.29) is 12.3 Å². The highest BCUT2D eigenvalue weighted by Gasteiger charge is 2.09. The van der Waals surface area contributed by atoms with Crippen molar-refractivity contribution in [3.05, 3.63) is 54.2 Å². The number of nitrogens with zero attached hydrogens (tertiary/aromatic N) is 2. The normalized spacial score (nSPS) is 10.7. The third-order valence-corrected chi connectivity index (χ3v) is 3.43. The first-order valence-corrected chi connectivity index (χ1v) is 7.10. The summed E-state index contributed by atoms with van der Waals surface area (Å²) in [5.74, 6) is -0.531. The van der Waals surface area contributed by atoms with Crippen molar-refractivity contribution < 1.29 is 14.7 Å². The van der Waals surface area contributed by atoms with Gasteiger partial charge in [0.2, 0.25) is 5.91 Å². The molecule has 0 fully saturated rings. The van der Waals surface area contributed by atoms with Crippen molar-refractivity contribution in [3.8, 4) is 11.1 Å². The minimum Gasteiger partial charge on any atom is -0.481 e. The second kappa shape index (κ2) is 5.92. The van der Waals surface area contributed by atoms with E-state index >= 15 is 0 Å². The summed E-state index contributed by atoms with van der Waals surface area (Å²) >= 11 is 0. The van der Waals surface area contributed by atoms with Crippen molar-refractivity contribution in [1.82, 2.24) is 9.61 Å². The SMILES string of the molecule is CC(=O)Nc1cc2c(-c3ccc(CC(=O)O)cc3)cccn2n1. The van der Waals surface area contributed by atoms with Crippen LogP contribution in [0.25, 0.3) is 16.6 Å². The Kier molecular flexibility index (Phi) is 3.80. The van der Waals surface area contributed by atoms with Crippen LogP contribution in [0.4, 0.5) is 5.82 Å². The van der Waals surface area contributed by atoms with Crippen LogP contribution in [-0.4, -0.2) is 26.6 Å². The number of anilines is 1. The monoisotopic (exact) mass is 309 g/mol. The van der Waals surface area contributed by atoms with Gasteiger partial charge in [-0.3, -0.25) is 9.59 Å². The summed E-state index contributed by atoms with van der Waals surface area (Å²) in [6.45, 7) is 1.44. The molecule has 6 heteroatoms. The molecule has 2 aromatic heterocycles. The molecule has 116 valence electrons. The number of pyridine rings is 1. The smallest absolute Gasteiger partial charge is 0.307 e. The number of amides is 1. The quantitative estimate of drug-likeness (QED) is 0.776. The lowest BCUT2D eigenvalue weighted by molar-refractivity contribution is -0.136. The number of aromatic nitrogens is 2. The molecule has 3 rings (SSSR count). The molecule has 2 heterocycles. The highest BCUT2D eigenvalue weighted by Crippen LogP contribution is 2.26. The lowest BCUT2D eigenvalue weighted by Gasteiger charge is -2.05. The maximum Gasteiger partial charge on any atom is 0.307 e. The zero-order valence-electron chi connectivity index (χ0n) is 12.5. The van der Waals surface area contributed by atoms with Gasteiger partial charge in [-0.05, 0) is 17.2 Å². The van der Waals surface area contributed by atoms with Crippen molar-refractivity contribution in [1.29, 1.82) is 0 Å². The van der Waals surface area contributed by atoms with Crippen LogP contribution in [0.15, 0.2) is 48.7 Å². The van der Waals surface area contributed by atoms with E-state index in [2.05, 4.69) is 10.4 Å². The Labute approximate surface area is 132 Å². The summed E-state index contributed by atoms with van der Waals surface area (Å²) in [6, 6.07) is 13.0. The first-order valence-electron chi connectivity index (χ1n) is 7.10. The molecule has 0 aliphatic rings. The van der Waals surface area contributed by atoms with Crippen LogP contribution in [-0.2, 0) is 16.0 Å². The molecule has 0 saturated heterocycles. The van der Waals surface area contributed by atoms with E-state index in [4.69, 9.17) is 5.11 Å². The molecule has 0 radical (unpaired) electrons. The van der Waals surface area contributed by atoms with Crippen molar-refractivity contribution in [2.45, 2.75) is 13.3 Å². The standard InChI is InChI=1S/C17H15N3O3/c1-11(21)18-16-10-15-14(3-2-8-20(15)19-16)13-6-4-12(5-7-13)9-17(22)23/h2-8,10H,9H2,1H3,(H,22,23)(H,18,19,21). The van der Waals surface area contributed by atoms with Crippen molar-refractivity contribution >= 4 is 23.2 Å². The van der Waals surface area contributed by atoms with Gasteiger partial charge in [0.05, 0.1) is 11.9 Å². The van der Waals surface area contributed by atoms with E-state index in [1.807, 2.05) is 36.5 Å². The number of carbonyl (C=O) groups is 2. The summed E-state index contributed by atoms with van der Waals surface area (Å²) in [6.07, 6.45) is 1.81. The molecule has 0 aliphatic carbocycles. The van der Waals surface area contributed by atoms with Gasteiger partial charge < -0.3 is 10.4 Å². The molecule has 2 N–H and O–H groups in total. The maximum absolute atomic E-state index is 11.2. The molecule has 0 unspecified atom stereocenters. The minimum absolute atomic E-state index is 0.00381. The number of aliphatic carboxylic acids is 1. The van der Waals surface area contributed by atoms with Gasteiger partial charge in [-0.2, -0.15) is 5.10 Å². The third-order valence-electron chi connectivity index (χ3n) is 3.43. The number of nitrogens with one attached hydrogen (secondary N) is 1. The van der Waals surface area contributed by atoms with Gasteiger partial charge in [-0.15, -0.1) is 0 Å². The van der Waals surface area contributed by atoms with Crippen LogP contribution in [0.1, 0.15) is 12.5 Å². The summed E-state index contributed by atoms with van der Waals surface area (Å²) < 4.78 is 1.70. The molecule has 0 aliphatic heterocycles. The number of benzene rings is 1. The second-order valence-corrected chi connectivity index (χ2v) is 5.23. The summed E-state index contributed by atoms with van der Waals surface area (Å²) in [5, 5.41) is 15.8. The highest BCUT2D eigenvalue weighted by molar-refractivity contribution is 5.90. The fourth-order valence-corrected chi connectivity index (χ4v) is 2.48. The Morgan fingerprint density at radius 1 is 1.22 bits per heavy atom. The predicted octanol–water partition coefficient (Wildman–Crippen LogP) is 2.59. The molecule has 1 aromatic carbocycles. The van der Waals surface area contributed by atoms with Crippen molar-refractivity contribution in [2.24, 2.45) is 0 Å². The first-order chi connectivity index (χ1) is 11.0. The Balaban J connectivity index is 2.00. The van der Waals surface area contributed by atoms with Crippen LogP contribution in [0.5, 0.6) is 0 Å². The largest absolute Gasteiger partial charge is 0.481 e. The Hall–Kier alpha value is -3.15. The summed E-state index contributed by atoms with van der Waals surface area (Å²) in [7, 11) is 0. The van der Waals surface area contributed by atoms with Gasteiger partial charge in [0, 0.05) is 24.8 Å². The number of fused-ring (bicyclic) bond motifs is 1. The van der Waals surface area contributed by atoms with E-state index in [0.29, 0.717) is 5.82 Å². The zero-order valence-corrected chi connectivity index (χ0v) is 12.5. The Morgan fingerprint density at radius 3 is 2.61 bits per heavy atom. The van der Waals surface area contributed by atoms with Gasteiger partial charge in [-0.1, -0.05) is 30.3 Å². The molecule has 0 bridgehead atoms. The van der Waals surface area contributed by atoms with Crippen molar-refractivity contribution in [2.75, 3.05) is 5.32 Å². The average Bonchev–Trinajstić information content (AvgIpc) is 2.88. The summed E-state index contributed by atoms with van der Waals surface area (Å²) in [5.41, 5.74) is 3.53. The van der Waals surface area contributed by atoms with E-state index in [1.54, 1.807) is 16.6 Å². The van der Waals surface area contributed by atoms with Crippen LogP contribution < -0.4 is 5.32 Å². The van der Waals surface area contributed by atoms with Gasteiger partial charge in [0.25, 0.3) is 0 Å². The molecule has 3 aromatic rings. The van der Waals surface area contributed by atoms with Gasteiger partial charge in [0.1, 0.15) is 0 Å². The maximum atomic E-state index is 11.2. The Morgan fingerprint density at radius 2 is 1.96 bits per heavy atom. The number of carbonyl (C=O) groups excluding carboxylic acids is 1. The lowest BCUT2D eigenvalue weighted by Crippen LogP contribution is -2.06. The van der Waals surface area contributed by atoms with E-state index in [1.165, 1.54) is 6.92 Å². The second-order valence-electron chi connectivity index (χ2n) is 5.23. The molecule has 23 heavy (non-hydrogen) atoms. The first kappa shape index (κ1) is 14.8.